The monoisotopic (exact) mass is 537 g/mol. The normalized spacial score (nSPS) is 22.2. The van der Waals surface area contributed by atoms with Crippen molar-refractivity contribution in [1.29, 1.82) is 0 Å². The minimum atomic E-state index is -0.340. The summed E-state index contributed by atoms with van der Waals surface area (Å²) in [6, 6.07) is 19.3. The first-order valence-corrected chi connectivity index (χ1v) is 16.1. The number of hydrogen-bond donors (Lipinski definition) is 1. The Balaban J connectivity index is 0.000000998. The number of nitrogens with two attached hydrogens (primary N) is 1. The molecular weight excluding hydrogens is 478 g/mol. The highest BCUT2D eigenvalue weighted by Crippen LogP contribution is 2.43. The summed E-state index contributed by atoms with van der Waals surface area (Å²) in [5.41, 5.74) is 8.31. The fraction of sp³-hybridized carbons (Fsp3) is 0.667. The number of benzene rings is 2. The van der Waals surface area contributed by atoms with Gasteiger partial charge in [-0.3, -0.25) is 0 Å². The third-order valence-electron chi connectivity index (χ3n) is 8.43. The molecule has 5 atom stereocenters. The van der Waals surface area contributed by atoms with Gasteiger partial charge in [-0.25, -0.2) is 0 Å². The molecule has 2 N–H and O–H groups in total. The molecule has 2 aromatic rings. The Morgan fingerprint density at radius 2 is 1.46 bits per heavy atom. The molecule has 2 aromatic carbocycles. The zero-order valence-electron chi connectivity index (χ0n) is 26.3. The van der Waals surface area contributed by atoms with Gasteiger partial charge in [0, 0.05) is 0 Å². The van der Waals surface area contributed by atoms with Crippen LogP contribution in [0.3, 0.4) is 0 Å². The molecule has 0 radical (unpaired) electrons. The van der Waals surface area contributed by atoms with Crippen LogP contribution in [0, 0.1) is 11.8 Å². The lowest BCUT2D eigenvalue weighted by molar-refractivity contribution is -0.184. The fourth-order valence-electron chi connectivity index (χ4n) is 6.27. The van der Waals surface area contributed by atoms with Crippen LogP contribution in [0.25, 0.3) is 0 Å². The first kappa shape index (κ1) is 33.4. The van der Waals surface area contributed by atoms with E-state index in [0.717, 1.165) is 30.9 Å². The maximum Gasteiger partial charge on any atom is 0.209 e. The molecule has 3 heteroatoms. The minimum Gasteiger partial charge on any atom is -0.464 e. The number of rotatable bonds is 10. The van der Waals surface area contributed by atoms with Crippen molar-refractivity contribution in [1.82, 2.24) is 0 Å². The van der Waals surface area contributed by atoms with E-state index in [9.17, 15) is 0 Å². The topological polar surface area (TPSA) is 44.5 Å². The quantitative estimate of drug-likeness (QED) is 0.307. The van der Waals surface area contributed by atoms with Crippen molar-refractivity contribution in [2.45, 2.75) is 136 Å². The van der Waals surface area contributed by atoms with E-state index < -0.39 is 0 Å². The van der Waals surface area contributed by atoms with Gasteiger partial charge in [-0.15, -0.1) is 0 Å². The van der Waals surface area contributed by atoms with E-state index in [2.05, 4.69) is 89.2 Å². The van der Waals surface area contributed by atoms with E-state index >= 15 is 0 Å². The van der Waals surface area contributed by atoms with Gasteiger partial charge in [0.1, 0.15) is 5.75 Å². The largest absolute Gasteiger partial charge is 0.464 e. The first-order valence-electron chi connectivity index (χ1n) is 16.1. The standard InChI is InChI=1S/C31H45NO2.C3H8.C2H6/c1-4-11-25(22-32)23-18-20-27(21-19-23)33-30(31(2,3)26-14-6-5-7-15-26)34-29-17-10-13-24-12-8-9-16-28(24)29;1-3-2;1-2/h5-7,14-15,18-21,24-25,28-30H,4,8-13,16-17,22,32H2,1-3H3;3H2,1-2H3;1-2H3. The third kappa shape index (κ3) is 9.64. The van der Waals surface area contributed by atoms with Crippen LogP contribution in [0.15, 0.2) is 54.6 Å². The predicted octanol–water partition coefficient (Wildman–Crippen LogP) is 10.0. The van der Waals surface area contributed by atoms with Gasteiger partial charge in [0.2, 0.25) is 6.29 Å². The zero-order valence-corrected chi connectivity index (χ0v) is 26.3. The average Bonchev–Trinajstić information content (AvgIpc) is 2.98. The molecule has 4 rings (SSSR count). The molecule has 2 aliphatic carbocycles. The Kier molecular flexibility index (Phi) is 15.2. The number of ether oxygens (including phenoxy) is 2. The second kappa shape index (κ2) is 17.8. The van der Waals surface area contributed by atoms with E-state index in [0.29, 0.717) is 18.4 Å². The average molecular weight is 538 g/mol. The summed E-state index contributed by atoms with van der Waals surface area (Å²) in [7, 11) is 0. The molecule has 0 amide bonds. The molecule has 2 fully saturated rings. The van der Waals surface area contributed by atoms with Gasteiger partial charge >= 0.3 is 0 Å². The summed E-state index contributed by atoms with van der Waals surface area (Å²) in [5, 5.41) is 0. The van der Waals surface area contributed by atoms with Crippen LogP contribution in [0.5, 0.6) is 5.75 Å². The van der Waals surface area contributed by atoms with Crippen LogP contribution in [0.1, 0.15) is 130 Å². The van der Waals surface area contributed by atoms with Gasteiger partial charge in [-0.1, -0.05) is 116 Å². The minimum absolute atomic E-state index is 0.274. The van der Waals surface area contributed by atoms with Gasteiger partial charge in [0.05, 0.1) is 11.5 Å². The number of hydrogen-bond acceptors (Lipinski definition) is 3. The van der Waals surface area contributed by atoms with Crippen molar-refractivity contribution >= 4 is 0 Å². The smallest absolute Gasteiger partial charge is 0.209 e. The SMILES string of the molecule is CC.CCC.CCCC(CN)c1ccc(OC(OC2CCCC3CCCCC32)C(C)(C)c2ccccc2)cc1. The molecule has 39 heavy (non-hydrogen) atoms. The molecular formula is C36H59NO2. The van der Waals surface area contributed by atoms with Crippen molar-refractivity contribution in [3.63, 3.8) is 0 Å². The summed E-state index contributed by atoms with van der Waals surface area (Å²) in [6.07, 6.45) is 12.7. The van der Waals surface area contributed by atoms with Crippen molar-refractivity contribution in [2.75, 3.05) is 6.54 Å². The molecule has 0 heterocycles. The molecule has 2 aliphatic rings. The molecule has 5 unspecified atom stereocenters. The predicted molar refractivity (Wildman–Crippen MR) is 169 cm³/mol. The highest BCUT2D eigenvalue weighted by atomic mass is 16.7. The molecule has 220 valence electrons. The molecule has 0 aliphatic heterocycles. The van der Waals surface area contributed by atoms with Crippen LogP contribution in [-0.4, -0.2) is 18.9 Å². The van der Waals surface area contributed by atoms with E-state index in [-0.39, 0.29) is 17.8 Å². The zero-order chi connectivity index (χ0) is 28.7. The van der Waals surface area contributed by atoms with Crippen molar-refractivity contribution in [2.24, 2.45) is 17.6 Å². The van der Waals surface area contributed by atoms with E-state index in [1.165, 1.54) is 56.1 Å². The van der Waals surface area contributed by atoms with Crippen LogP contribution in [-0.2, 0) is 10.2 Å². The second-order valence-corrected chi connectivity index (χ2v) is 11.8. The van der Waals surface area contributed by atoms with Crippen LogP contribution in [0.2, 0.25) is 0 Å². The van der Waals surface area contributed by atoms with Gasteiger partial charge < -0.3 is 15.2 Å². The Morgan fingerprint density at radius 3 is 2.08 bits per heavy atom. The Bertz CT molecular complexity index is 877. The van der Waals surface area contributed by atoms with Crippen molar-refractivity contribution in [3.05, 3.63) is 65.7 Å². The highest BCUT2D eigenvalue weighted by molar-refractivity contribution is 5.31. The van der Waals surface area contributed by atoms with Crippen molar-refractivity contribution in [3.8, 4) is 5.75 Å². The molecule has 0 aromatic heterocycles. The summed E-state index contributed by atoms with van der Waals surface area (Å²) < 4.78 is 13.7. The van der Waals surface area contributed by atoms with Gasteiger partial charge in [-0.05, 0) is 87.1 Å². The Hall–Kier alpha value is -1.84. The lowest BCUT2D eigenvalue weighted by Gasteiger charge is -2.44. The summed E-state index contributed by atoms with van der Waals surface area (Å²) in [5.74, 6) is 2.80. The van der Waals surface area contributed by atoms with E-state index in [1.54, 1.807) is 0 Å². The van der Waals surface area contributed by atoms with E-state index in [1.807, 2.05) is 13.8 Å². The van der Waals surface area contributed by atoms with Gasteiger partial charge in [0.25, 0.3) is 0 Å². The van der Waals surface area contributed by atoms with Crippen LogP contribution in [0.4, 0.5) is 0 Å². The van der Waals surface area contributed by atoms with Gasteiger partial charge in [-0.2, -0.15) is 0 Å². The summed E-state index contributed by atoms with van der Waals surface area (Å²) in [6.45, 7) is 15.7. The number of fused-ring (bicyclic) bond motifs is 1. The lowest BCUT2D eigenvalue weighted by Crippen LogP contribution is -2.47. The van der Waals surface area contributed by atoms with Gasteiger partial charge in [0.15, 0.2) is 0 Å². The summed E-state index contributed by atoms with van der Waals surface area (Å²) >= 11 is 0. The third-order valence-corrected chi connectivity index (χ3v) is 8.43. The first-order chi connectivity index (χ1) is 18.9. The van der Waals surface area contributed by atoms with Crippen molar-refractivity contribution < 1.29 is 9.47 Å². The summed E-state index contributed by atoms with van der Waals surface area (Å²) in [4.78, 5) is 0. The highest BCUT2D eigenvalue weighted by Gasteiger charge is 2.41. The maximum absolute atomic E-state index is 6.98. The molecule has 0 bridgehead atoms. The maximum atomic E-state index is 6.98. The molecule has 2 saturated carbocycles. The van der Waals surface area contributed by atoms with Crippen LogP contribution < -0.4 is 10.5 Å². The molecule has 3 nitrogen and oxygen atoms in total. The Morgan fingerprint density at radius 1 is 0.846 bits per heavy atom. The molecule has 0 spiro atoms. The Labute approximate surface area is 241 Å². The lowest BCUT2D eigenvalue weighted by atomic mass is 9.69. The fourth-order valence-corrected chi connectivity index (χ4v) is 6.27. The molecule has 0 saturated heterocycles. The van der Waals surface area contributed by atoms with E-state index in [4.69, 9.17) is 15.2 Å². The second-order valence-electron chi connectivity index (χ2n) is 11.8. The van der Waals surface area contributed by atoms with Crippen LogP contribution >= 0.6 is 0 Å².